The first kappa shape index (κ1) is 13.3. The Morgan fingerprint density at radius 1 is 1.00 bits per heavy atom. The van der Waals surface area contributed by atoms with Crippen LogP contribution in [0.25, 0.3) is 0 Å². The maximum atomic E-state index is 12.4. The van der Waals surface area contributed by atoms with Crippen LogP contribution in [0.4, 0.5) is 18.9 Å². The van der Waals surface area contributed by atoms with Crippen LogP contribution in [0.1, 0.15) is 11.1 Å². The first-order valence-corrected chi connectivity index (χ1v) is 5.59. The van der Waals surface area contributed by atoms with Gasteiger partial charge in [0, 0.05) is 11.8 Å². The van der Waals surface area contributed by atoms with Crippen LogP contribution in [-0.4, -0.2) is 0 Å². The van der Waals surface area contributed by atoms with Crippen LogP contribution in [0, 0.1) is 0 Å². The molecule has 0 aliphatic rings. The van der Waals surface area contributed by atoms with Crippen molar-refractivity contribution in [1.82, 2.24) is 0 Å². The Morgan fingerprint density at radius 3 is 2.26 bits per heavy atom. The van der Waals surface area contributed by atoms with E-state index in [2.05, 4.69) is 0 Å². The third-order valence-electron chi connectivity index (χ3n) is 2.54. The van der Waals surface area contributed by atoms with Gasteiger partial charge < -0.3 is 10.5 Å². The summed E-state index contributed by atoms with van der Waals surface area (Å²) in [4.78, 5) is 0. The van der Waals surface area contributed by atoms with Crippen molar-refractivity contribution in [1.29, 1.82) is 0 Å². The maximum absolute atomic E-state index is 12.4. The molecule has 2 N–H and O–H groups in total. The van der Waals surface area contributed by atoms with Crippen LogP contribution >= 0.6 is 0 Å². The molecule has 100 valence electrons. The molecule has 0 unspecified atom stereocenters. The zero-order chi connectivity index (χ0) is 13.9. The Balaban J connectivity index is 2.01. The summed E-state index contributed by atoms with van der Waals surface area (Å²) in [5.41, 5.74) is 6.16. The molecule has 0 aromatic heterocycles. The molecule has 5 heteroatoms. The van der Waals surface area contributed by atoms with Crippen molar-refractivity contribution < 1.29 is 17.9 Å². The topological polar surface area (TPSA) is 35.2 Å². The maximum Gasteiger partial charge on any atom is 0.416 e. The summed E-state index contributed by atoms with van der Waals surface area (Å²) in [6.45, 7) is 0.196. The van der Waals surface area contributed by atoms with Crippen LogP contribution in [0.2, 0.25) is 0 Å². The van der Waals surface area contributed by atoms with E-state index >= 15 is 0 Å². The zero-order valence-electron chi connectivity index (χ0n) is 9.95. The molecule has 19 heavy (non-hydrogen) atoms. The lowest BCUT2D eigenvalue weighted by Crippen LogP contribution is -2.05. The molecule has 2 aromatic carbocycles. The third-order valence-corrected chi connectivity index (χ3v) is 2.54. The predicted octanol–water partition coefficient (Wildman–Crippen LogP) is 3.87. The summed E-state index contributed by atoms with van der Waals surface area (Å²) in [6, 6.07) is 11.7. The minimum Gasteiger partial charge on any atom is -0.489 e. The number of alkyl halides is 3. The van der Waals surface area contributed by atoms with Crippen molar-refractivity contribution in [2.45, 2.75) is 12.8 Å². The zero-order valence-corrected chi connectivity index (χ0v) is 9.95. The Hall–Kier alpha value is -2.17. The molecule has 0 saturated carbocycles. The fraction of sp³-hybridized carbons (Fsp3) is 0.143. The van der Waals surface area contributed by atoms with Crippen LogP contribution in [-0.2, 0) is 12.8 Å². The lowest BCUT2D eigenvalue weighted by atomic mass is 10.1. The van der Waals surface area contributed by atoms with E-state index in [1.807, 2.05) is 0 Å². The first-order chi connectivity index (χ1) is 8.95. The second kappa shape index (κ2) is 5.22. The van der Waals surface area contributed by atoms with Gasteiger partial charge in [-0.05, 0) is 29.8 Å². The summed E-state index contributed by atoms with van der Waals surface area (Å²) in [7, 11) is 0. The Bertz CT molecular complexity index is 549. The third kappa shape index (κ3) is 3.64. The molecule has 0 spiro atoms. The first-order valence-electron chi connectivity index (χ1n) is 5.59. The van der Waals surface area contributed by atoms with Gasteiger partial charge in [-0.25, -0.2) is 0 Å². The van der Waals surface area contributed by atoms with Crippen molar-refractivity contribution in [3.05, 3.63) is 59.7 Å². The average Bonchev–Trinajstić information content (AvgIpc) is 2.36. The number of nitrogens with two attached hydrogens (primary N) is 1. The number of hydrogen-bond donors (Lipinski definition) is 1. The van der Waals surface area contributed by atoms with Gasteiger partial charge in [0.1, 0.15) is 12.4 Å². The highest BCUT2D eigenvalue weighted by molar-refractivity contribution is 5.43. The summed E-state index contributed by atoms with van der Waals surface area (Å²) in [5, 5.41) is 0. The molecule has 0 aliphatic heterocycles. The summed E-state index contributed by atoms with van der Waals surface area (Å²) >= 11 is 0. The summed E-state index contributed by atoms with van der Waals surface area (Å²) < 4.78 is 42.5. The van der Waals surface area contributed by atoms with E-state index in [0.717, 1.165) is 12.1 Å². The monoisotopic (exact) mass is 267 g/mol. The standard InChI is InChI=1S/C14H12F3NO/c15-14(16,17)11-6-4-10(5-7-11)9-19-13-3-1-2-12(18)8-13/h1-8H,9,18H2. The summed E-state index contributed by atoms with van der Waals surface area (Å²) in [5.74, 6) is 0.583. The van der Waals surface area contributed by atoms with E-state index in [-0.39, 0.29) is 6.61 Å². The van der Waals surface area contributed by atoms with Gasteiger partial charge in [0.15, 0.2) is 0 Å². The molecule has 2 nitrogen and oxygen atoms in total. The number of hydrogen-bond acceptors (Lipinski definition) is 2. The number of anilines is 1. The predicted molar refractivity (Wildman–Crippen MR) is 66.6 cm³/mol. The fourth-order valence-corrected chi connectivity index (χ4v) is 1.56. The van der Waals surface area contributed by atoms with Crippen molar-refractivity contribution in [2.24, 2.45) is 0 Å². The van der Waals surface area contributed by atoms with Crippen molar-refractivity contribution in [2.75, 3.05) is 5.73 Å². The Morgan fingerprint density at radius 2 is 1.68 bits per heavy atom. The van der Waals surface area contributed by atoms with Crippen LogP contribution < -0.4 is 10.5 Å². The van der Waals surface area contributed by atoms with E-state index in [1.54, 1.807) is 24.3 Å². The molecule has 0 amide bonds. The Labute approximate surface area is 108 Å². The molecule has 0 atom stereocenters. The second-order valence-electron chi connectivity index (χ2n) is 4.06. The number of halogens is 3. The molecule has 0 bridgehead atoms. The van der Waals surface area contributed by atoms with Gasteiger partial charge in [-0.3, -0.25) is 0 Å². The van der Waals surface area contributed by atoms with Crippen LogP contribution in [0.3, 0.4) is 0 Å². The van der Waals surface area contributed by atoms with E-state index in [4.69, 9.17) is 10.5 Å². The Kier molecular flexibility index (Phi) is 3.64. The van der Waals surface area contributed by atoms with Crippen LogP contribution in [0.15, 0.2) is 48.5 Å². The fourth-order valence-electron chi connectivity index (χ4n) is 1.56. The number of nitrogen functional groups attached to an aromatic ring is 1. The molecule has 0 saturated heterocycles. The van der Waals surface area contributed by atoms with Gasteiger partial charge in [-0.2, -0.15) is 13.2 Å². The highest BCUT2D eigenvalue weighted by atomic mass is 19.4. The van der Waals surface area contributed by atoms with Gasteiger partial charge in [0.2, 0.25) is 0 Å². The number of benzene rings is 2. The van der Waals surface area contributed by atoms with Crippen LogP contribution in [0.5, 0.6) is 5.75 Å². The highest BCUT2D eigenvalue weighted by Gasteiger charge is 2.29. The lowest BCUT2D eigenvalue weighted by Gasteiger charge is -2.09. The minimum atomic E-state index is -4.31. The molecule has 0 radical (unpaired) electrons. The van der Waals surface area contributed by atoms with E-state index in [1.165, 1.54) is 12.1 Å². The van der Waals surface area contributed by atoms with E-state index in [9.17, 15) is 13.2 Å². The van der Waals surface area contributed by atoms with Gasteiger partial charge in [0.05, 0.1) is 5.56 Å². The minimum absolute atomic E-state index is 0.196. The molecule has 2 rings (SSSR count). The largest absolute Gasteiger partial charge is 0.489 e. The van der Waals surface area contributed by atoms with Crippen molar-refractivity contribution in [3.8, 4) is 5.75 Å². The lowest BCUT2D eigenvalue weighted by molar-refractivity contribution is -0.137. The number of rotatable bonds is 3. The molecular weight excluding hydrogens is 255 g/mol. The van der Waals surface area contributed by atoms with Crippen molar-refractivity contribution in [3.63, 3.8) is 0 Å². The van der Waals surface area contributed by atoms with E-state index in [0.29, 0.717) is 17.0 Å². The summed E-state index contributed by atoms with van der Waals surface area (Å²) in [6.07, 6.45) is -4.31. The number of ether oxygens (including phenoxy) is 1. The SMILES string of the molecule is Nc1cccc(OCc2ccc(C(F)(F)F)cc2)c1. The molecular formula is C14H12F3NO. The second-order valence-corrected chi connectivity index (χ2v) is 4.06. The van der Waals surface area contributed by atoms with Gasteiger partial charge in [-0.1, -0.05) is 18.2 Å². The highest BCUT2D eigenvalue weighted by Crippen LogP contribution is 2.29. The van der Waals surface area contributed by atoms with E-state index < -0.39 is 11.7 Å². The molecule has 0 fully saturated rings. The molecule has 2 aromatic rings. The van der Waals surface area contributed by atoms with Gasteiger partial charge in [0.25, 0.3) is 0 Å². The van der Waals surface area contributed by atoms with Gasteiger partial charge >= 0.3 is 6.18 Å². The average molecular weight is 267 g/mol. The molecule has 0 heterocycles. The smallest absolute Gasteiger partial charge is 0.416 e. The quantitative estimate of drug-likeness (QED) is 0.857. The normalized spacial score (nSPS) is 11.3. The molecule has 0 aliphatic carbocycles. The van der Waals surface area contributed by atoms with Gasteiger partial charge in [-0.15, -0.1) is 0 Å². The van der Waals surface area contributed by atoms with Crippen molar-refractivity contribution >= 4 is 5.69 Å².